The Balaban J connectivity index is 1.35. The molecule has 2 aliphatic heterocycles. The molecule has 2 N–H and O–H groups in total. The van der Waals surface area contributed by atoms with Crippen molar-refractivity contribution in [1.29, 1.82) is 0 Å². The number of aromatic nitrogens is 2. The van der Waals surface area contributed by atoms with Gasteiger partial charge in [-0.1, -0.05) is 0 Å². The highest BCUT2D eigenvalue weighted by molar-refractivity contribution is 5.89. The lowest BCUT2D eigenvalue weighted by Gasteiger charge is -2.32. The predicted molar refractivity (Wildman–Crippen MR) is 102 cm³/mol. The van der Waals surface area contributed by atoms with Gasteiger partial charge < -0.3 is 20.3 Å². The molecule has 2 aliphatic rings. The third-order valence-corrected chi connectivity index (χ3v) is 5.16. The highest BCUT2D eigenvalue weighted by atomic mass is 16.5. The van der Waals surface area contributed by atoms with Gasteiger partial charge in [0.1, 0.15) is 0 Å². The SMILES string of the molecule is COCCn1cc(NC(=O)NC2CCN(CC(=O)N3CCCC3)CC2)cn1. The molecule has 0 bridgehead atoms. The average molecular weight is 378 g/mol. The van der Waals surface area contributed by atoms with Crippen molar-refractivity contribution in [2.24, 2.45) is 0 Å². The fourth-order valence-corrected chi connectivity index (χ4v) is 3.58. The molecule has 1 aromatic rings. The number of carbonyl (C=O) groups excluding carboxylic acids is 2. The molecule has 0 aromatic carbocycles. The molecule has 0 atom stereocenters. The third kappa shape index (κ3) is 5.93. The lowest BCUT2D eigenvalue weighted by Crippen LogP contribution is -2.48. The zero-order chi connectivity index (χ0) is 19.1. The first-order valence-electron chi connectivity index (χ1n) is 9.73. The van der Waals surface area contributed by atoms with Gasteiger partial charge >= 0.3 is 6.03 Å². The van der Waals surface area contributed by atoms with Gasteiger partial charge in [-0.15, -0.1) is 0 Å². The van der Waals surface area contributed by atoms with Crippen LogP contribution in [-0.2, 0) is 16.1 Å². The minimum atomic E-state index is -0.215. The second-order valence-corrected chi connectivity index (χ2v) is 7.22. The number of rotatable bonds is 7. The lowest BCUT2D eigenvalue weighted by molar-refractivity contribution is -0.131. The first kappa shape index (κ1) is 19.6. The van der Waals surface area contributed by atoms with Crippen LogP contribution in [0.25, 0.3) is 0 Å². The summed E-state index contributed by atoms with van der Waals surface area (Å²) in [5, 5.41) is 10.0. The Morgan fingerprint density at radius 2 is 1.96 bits per heavy atom. The van der Waals surface area contributed by atoms with Crippen molar-refractivity contribution >= 4 is 17.6 Å². The van der Waals surface area contributed by atoms with Gasteiger partial charge in [0.15, 0.2) is 0 Å². The van der Waals surface area contributed by atoms with E-state index in [1.807, 2.05) is 4.90 Å². The van der Waals surface area contributed by atoms with E-state index in [4.69, 9.17) is 4.74 Å². The maximum Gasteiger partial charge on any atom is 0.319 e. The van der Waals surface area contributed by atoms with E-state index in [1.165, 1.54) is 0 Å². The number of ether oxygens (including phenoxy) is 1. The number of urea groups is 1. The molecule has 150 valence electrons. The van der Waals surface area contributed by atoms with E-state index in [-0.39, 0.29) is 18.0 Å². The maximum absolute atomic E-state index is 12.2. The van der Waals surface area contributed by atoms with E-state index in [0.29, 0.717) is 25.4 Å². The third-order valence-electron chi connectivity index (χ3n) is 5.16. The summed E-state index contributed by atoms with van der Waals surface area (Å²) >= 11 is 0. The second kappa shape index (κ2) is 9.70. The Morgan fingerprint density at radius 1 is 1.22 bits per heavy atom. The van der Waals surface area contributed by atoms with Crippen molar-refractivity contribution in [1.82, 2.24) is 24.9 Å². The van der Waals surface area contributed by atoms with Gasteiger partial charge in [-0.3, -0.25) is 14.4 Å². The average Bonchev–Trinajstić information content (AvgIpc) is 3.33. The molecule has 9 heteroatoms. The molecule has 0 unspecified atom stereocenters. The normalized spacial score (nSPS) is 18.6. The lowest BCUT2D eigenvalue weighted by atomic mass is 10.1. The van der Waals surface area contributed by atoms with E-state index in [9.17, 15) is 9.59 Å². The standard InChI is InChI=1S/C18H30N6O3/c1-27-11-10-24-13-16(12-19-24)21-18(26)20-15-4-8-22(9-5-15)14-17(25)23-6-2-3-7-23/h12-13,15H,2-11,14H2,1H3,(H2,20,21,26). The molecule has 2 fully saturated rings. The number of piperidine rings is 1. The fraction of sp³-hybridized carbons (Fsp3) is 0.722. The summed E-state index contributed by atoms with van der Waals surface area (Å²) in [6, 6.07) is -0.0837. The number of anilines is 1. The predicted octanol–water partition coefficient (Wildman–Crippen LogP) is 0.738. The molecule has 27 heavy (non-hydrogen) atoms. The van der Waals surface area contributed by atoms with Crippen molar-refractivity contribution in [3.8, 4) is 0 Å². The van der Waals surface area contributed by atoms with Crippen molar-refractivity contribution < 1.29 is 14.3 Å². The van der Waals surface area contributed by atoms with Crippen molar-refractivity contribution in [3.05, 3.63) is 12.4 Å². The first-order chi connectivity index (χ1) is 13.1. The largest absolute Gasteiger partial charge is 0.383 e. The van der Waals surface area contributed by atoms with Gasteiger partial charge in [-0.05, 0) is 25.7 Å². The van der Waals surface area contributed by atoms with Crippen LogP contribution < -0.4 is 10.6 Å². The molecule has 3 rings (SSSR count). The molecule has 0 radical (unpaired) electrons. The van der Waals surface area contributed by atoms with Crippen LogP contribution in [0.2, 0.25) is 0 Å². The van der Waals surface area contributed by atoms with Crippen LogP contribution in [0.4, 0.5) is 10.5 Å². The quantitative estimate of drug-likeness (QED) is 0.730. The fourth-order valence-electron chi connectivity index (χ4n) is 3.58. The van der Waals surface area contributed by atoms with Crippen LogP contribution in [0.15, 0.2) is 12.4 Å². The van der Waals surface area contributed by atoms with Crippen LogP contribution in [0, 0.1) is 0 Å². The summed E-state index contributed by atoms with van der Waals surface area (Å²) in [5.41, 5.74) is 0.664. The van der Waals surface area contributed by atoms with Gasteiger partial charge in [0.2, 0.25) is 5.91 Å². The topological polar surface area (TPSA) is 91.7 Å². The molecule has 2 saturated heterocycles. The molecule has 1 aromatic heterocycles. The monoisotopic (exact) mass is 378 g/mol. The first-order valence-corrected chi connectivity index (χ1v) is 9.73. The number of hydrogen-bond donors (Lipinski definition) is 2. The molecule has 9 nitrogen and oxygen atoms in total. The van der Waals surface area contributed by atoms with Crippen LogP contribution >= 0.6 is 0 Å². The summed E-state index contributed by atoms with van der Waals surface area (Å²) in [4.78, 5) is 28.6. The molecule has 3 heterocycles. The number of nitrogens with one attached hydrogen (secondary N) is 2. The smallest absolute Gasteiger partial charge is 0.319 e. The number of carbonyl (C=O) groups is 2. The van der Waals surface area contributed by atoms with Gasteiger partial charge in [0.05, 0.1) is 31.6 Å². The van der Waals surface area contributed by atoms with E-state index in [0.717, 1.165) is 51.9 Å². The van der Waals surface area contributed by atoms with Crippen molar-refractivity contribution in [3.63, 3.8) is 0 Å². The Bertz CT molecular complexity index is 620. The van der Waals surface area contributed by atoms with Gasteiger partial charge in [-0.2, -0.15) is 5.10 Å². The molecule has 3 amide bonds. The molecular weight excluding hydrogens is 348 g/mol. The van der Waals surface area contributed by atoms with Crippen LogP contribution in [0.3, 0.4) is 0 Å². The van der Waals surface area contributed by atoms with Crippen LogP contribution in [0.1, 0.15) is 25.7 Å². The molecule has 0 aliphatic carbocycles. The highest BCUT2D eigenvalue weighted by Crippen LogP contribution is 2.13. The van der Waals surface area contributed by atoms with Crippen molar-refractivity contribution in [2.75, 3.05) is 51.8 Å². The number of methoxy groups -OCH3 is 1. The molecule has 0 spiro atoms. The number of amides is 3. The van der Waals surface area contributed by atoms with Gasteiger partial charge in [-0.25, -0.2) is 4.79 Å². The van der Waals surface area contributed by atoms with Gasteiger partial charge in [0.25, 0.3) is 0 Å². The van der Waals surface area contributed by atoms with Crippen molar-refractivity contribution in [2.45, 2.75) is 38.3 Å². The number of likely N-dealkylation sites (tertiary alicyclic amines) is 2. The highest BCUT2D eigenvalue weighted by Gasteiger charge is 2.25. The number of nitrogens with zero attached hydrogens (tertiary/aromatic N) is 4. The van der Waals surface area contributed by atoms with Crippen LogP contribution in [-0.4, -0.2) is 84.0 Å². The summed E-state index contributed by atoms with van der Waals surface area (Å²) in [7, 11) is 1.64. The Hall–Kier alpha value is -2.13. The van der Waals surface area contributed by atoms with Crippen LogP contribution in [0.5, 0.6) is 0 Å². The zero-order valence-corrected chi connectivity index (χ0v) is 16.0. The molecular formula is C18H30N6O3. The Morgan fingerprint density at radius 3 is 2.67 bits per heavy atom. The van der Waals surface area contributed by atoms with E-state index in [1.54, 1.807) is 24.2 Å². The van der Waals surface area contributed by atoms with E-state index < -0.39 is 0 Å². The van der Waals surface area contributed by atoms with E-state index in [2.05, 4.69) is 20.6 Å². The maximum atomic E-state index is 12.2. The second-order valence-electron chi connectivity index (χ2n) is 7.22. The number of hydrogen-bond acceptors (Lipinski definition) is 5. The minimum Gasteiger partial charge on any atom is -0.383 e. The Kier molecular flexibility index (Phi) is 7.05. The zero-order valence-electron chi connectivity index (χ0n) is 16.0. The Labute approximate surface area is 160 Å². The molecule has 0 saturated carbocycles. The summed E-state index contributed by atoms with van der Waals surface area (Å²) in [6.07, 6.45) is 7.37. The summed E-state index contributed by atoms with van der Waals surface area (Å²) < 4.78 is 6.74. The summed E-state index contributed by atoms with van der Waals surface area (Å²) in [5.74, 6) is 0.238. The van der Waals surface area contributed by atoms with E-state index >= 15 is 0 Å². The van der Waals surface area contributed by atoms with Gasteiger partial charge in [0, 0.05) is 45.5 Å². The minimum absolute atomic E-state index is 0.131. The summed E-state index contributed by atoms with van der Waals surface area (Å²) in [6.45, 7) is 5.19.